The van der Waals surface area contributed by atoms with Gasteiger partial charge in [-0.3, -0.25) is 0 Å². The number of rotatable bonds is 2. The molecule has 0 amide bonds. The maximum atomic E-state index is 11.3. The Morgan fingerprint density at radius 1 is 1.10 bits per heavy atom. The molecule has 0 aliphatic carbocycles. The van der Waals surface area contributed by atoms with E-state index in [2.05, 4.69) is 25.9 Å². The number of nitrogens with one attached hydrogen (secondary N) is 2. The van der Waals surface area contributed by atoms with Gasteiger partial charge in [-0.2, -0.15) is 0 Å². The third-order valence-electron chi connectivity index (χ3n) is 3.32. The number of aromatic nitrogens is 2. The van der Waals surface area contributed by atoms with Crippen LogP contribution in [0.25, 0.3) is 11.0 Å². The number of halogens is 1. The zero-order chi connectivity index (χ0) is 14.3. The largest absolute Gasteiger partial charge is 0.384 e. The van der Waals surface area contributed by atoms with Gasteiger partial charge >= 0.3 is 5.69 Å². The summed E-state index contributed by atoms with van der Waals surface area (Å²) >= 11 is 3.44. The van der Waals surface area contributed by atoms with Gasteiger partial charge in [-0.25, -0.2) is 4.79 Å². The Balaban J connectivity index is 2.10. The fraction of sp³-hybridized carbons (Fsp3) is 0.133. The minimum atomic E-state index is -0.743. The van der Waals surface area contributed by atoms with Crippen molar-refractivity contribution in [2.24, 2.45) is 0 Å². The van der Waals surface area contributed by atoms with E-state index in [1.54, 1.807) is 12.1 Å². The molecule has 1 aromatic heterocycles. The van der Waals surface area contributed by atoms with Crippen molar-refractivity contribution in [1.29, 1.82) is 0 Å². The van der Waals surface area contributed by atoms with E-state index in [0.29, 0.717) is 11.0 Å². The van der Waals surface area contributed by atoms with Crippen LogP contribution in [0, 0.1) is 6.92 Å². The third kappa shape index (κ3) is 2.30. The lowest BCUT2D eigenvalue weighted by molar-refractivity contribution is 0.219. The van der Waals surface area contributed by atoms with Crippen molar-refractivity contribution >= 4 is 27.0 Å². The van der Waals surface area contributed by atoms with Crippen molar-refractivity contribution in [2.75, 3.05) is 0 Å². The summed E-state index contributed by atoms with van der Waals surface area (Å²) in [7, 11) is 0. The van der Waals surface area contributed by atoms with Gasteiger partial charge in [0.1, 0.15) is 6.10 Å². The number of hydrogen-bond acceptors (Lipinski definition) is 2. The van der Waals surface area contributed by atoms with E-state index in [-0.39, 0.29) is 5.69 Å². The summed E-state index contributed by atoms with van der Waals surface area (Å²) in [6.45, 7) is 2.00. The van der Waals surface area contributed by atoms with Crippen molar-refractivity contribution in [3.8, 4) is 0 Å². The molecule has 0 aliphatic heterocycles. The summed E-state index contributed by atoms with van der Waals surface area (Å²) in [4.78, 5) is 16.7. The maximum Gasteiger partial charge on any atom is 0.323 e. The fourth-order valence-corrected chi connectivity index (χ4v) is 2.77. The minimum Gasteiger partial charge on any atom is -0.384 e. The molecule has 2 aromatic carbocycles. The molecule has 3 aromatic rings. The van der Waals surface area contributed by atoms with Crippen molar-refractivity contribution in [3.05, 3.63) is 68.0 Å². The Morgan fingerprint density at radius 3 is 2.35 bits per heavy atom. The van der Waals surface area contributed by atoms with Crippen LogP contribution < -0.4 is 5.69 Å². The summed E-state index contributed by atoms with van der Waals surface area (Å²) in [5.74, 6) is 0. The molecule has 1 atom stereocenters. The maximum absolute atomic E-state index is 11.3. The van der Waals surface area contributed by atoms with Crippen LogP contribution in [-0.2, 0) is 0 Å². The van der Waals surface area contributed by atoms with E-state index >= 15 is 0 Å². The number of imidazole rings is 1. The summed E-state index contributed by atoms with van der Waals surface area (Å²) < 4.78 is 0.758. The lowest BCUT2D eigenvalue weighted by Crippen LogP contribution is -2.01. The molecule has 0 fully saturated rings. The number of benzene rings is 2. The Kier molecular flexibility index (Phi) is 3.23. The highest BCUT2D eigenvalue weighted by atomic mass is 79.9. The molecule has 0 spiro atoms. The highest BCUT2D eigenvalue weighted by Gasteiger charge is 2.15. The van der Waals surface area contributed by atoms with Crippen LogP contribution in [0.5, 0.6) is 0 Å². The zero-order valence-corrected chi connectivity index (χ0v) is 12.4. The summed E-state index contributed by atoms with van der Waals surface area (Å²) in [6.07, 6.45) is -0.743. The van der Waals surface area contributed by atoms with E-state index in [0.717, 1.165) is 21.2 Å². The van der Waals surface area contributed by atoms with E-state index in [9.17, 15) is 9.90 Å². The summed E-state index contributed by atoms with van der Waals surface area (Å²) in [5, 5.41) is 10.5. The molecule has 1 heterocycles. The van der Waals surface area contributed by atoms with E-state index in [1.165, 1.54) is 0 Å². The molecule has 0 saturated carbocycles. The molecular formula is C15H13BrN2O2. The quantitative estimate of drug-likeness (QED) is 0.675. The normalized spacial score (nSPS) is 12.8. The first-order valence-corrected chi connectivity index (χ1v) is 7.00. The number of fused-ring (bicyclic) bond motifs is 1. The van der Waals surface area contributed by atoms with Gasteiger partial charge in [-0.15, -0.1) is 0 Å². The number of hydrogen-bond donors (Lipinski definition) is 3. The second-order valence-electron chi connectivity index (χ2n) is 4.81. The molecule has 4 nitrogen and oxygen atoms in total. The van der Waals surface area contributed by atoms with Gasteiger partial charge in [0.15, 0.2) is 0 Å². The lowest BCUT2D eigenvalue weighted by atomic mass is 10.0. The zero-order valence-electron chi connectivity index (χ0n) is 10.8. The van der Waals surface area contributed by atoms with Crippen molar-refractivity contribution in [3.63, 3.8) is 0 Å². The molecule has 102 valence electrons. The first-order valence-electron chi connectivity index (χ1n) is 6.20. The van der Waals surface area contributed by atoms with Gasteiger partial charge in [0.05, 0.1) is 11.0 Å². The lowest BCUT2D eigenvalue weighted by Gasteiger charge is -2.13. The number of aromatic amines is 2. The van der Waals surface area contributed by atoms with Gasteiger partial charge in [-0.1, -0.05) is 45.8 Å². The average Bonchev–Trinajstić information content (AvgIpc) is 2.77. The van der Waals surface area contributed by atoms with Gasteiger partial charge in [0.25, 0.3) is 0 Å². The predicted octanol–water partition coefficient (Wildman–Crippen LogP) is 3.01. The summed E-state index contributed by atoms with van der Waals surface area (Å²) in [5.41, 5.74) is 3.81. The minimum absolute atomic E-state index is 0.256. The number of aryl methyl sites for hydroxylation is 1. The molecule has 0 saturated heterocycles. The highest BCUT2D eigenvalue weighted by molar-refractivity contribution is 9.10. The first-order chi connectivity index (χ1) is 9.54. The second kappa shape index (κ2) is 4.92. The SMILES string of the molecule is Cc1ccc(C(O)c2cc3[nH]c(=O)[nH]c3cc2Br)cc1. The Labute approximate surface area is 123 Å². The van der Waals surface area contributed by atoms with Crippen LogP contribution in [-0.4, -0.2) is 15.1 Å². The highest BCUT2D eigenvalue weighted by Crippen LogP contribution is 2.31. The number of aliphatic hydroxyl groups excluding tert-OH is 1. The molecule has 5 heteroatoms. The molecule has 20 heavy (non-hydrogen) atoms. The molecule has 0 bridgehead atoms. The Bertz CT molecular complexity index is 818. The molecule has 1 unspecified atom stereocenters. The van der Waals surface area contributed by atoms with E-state index < -0.39 is 6.10 Å². The standard InChI is InChI=1S/C15H13BrN2O2/c1-8-2-4-9(5-3-8)14(19)10-6-12-13(7-11(10)16)18-15(20)17-12/h2-7,14,19H,1H3,(H2,17,18,20). The van der Waals surface area contributed by atoms with Crippen LogP contribution in [0.2, 0.25) is 0 Å². The average molecular weight is 333 g/mol. The van der Waals surface area contributed by atoms with Crippen LogP contribution in [0.3, 0.4) is 0 Å². The number of H-pyrrole nitrogens is 2. The second-order valence-corrected chi connectivity index (χ2v) is 5.67. The van der Waals surface area contributed by atoms with Crippen LogP contribution >= 0.6 is 15.9 Å². The first kappa shape index (κ1) is 13.1. The Hall–Kier alpha value is -1.85. The molecule has 3 rings (SSSR count). The predicted molar refractivity (Wildman–Crippen MR) is 81.9 cm³/mol. The smallest absolute Gasteiger partial charge is 0.323 e. The molecular weight excluding hydrogens is 320 g/mol. The summed E-state index contributed by atoms with van der Waals surface area (Å²) in [6, 6.07) is 11.3. The van der Waals surface area contributed by atoms with Gasteiger partial charge in [-0.05, 0) is 24.6 Å². The molecule has 0 aliphatic rings. The van der Waals surface area contributed by atoms with Crippen LogP contribution in [0.1, 0.15) is 22.8 Å². The van der Waals surface area contributed by atoms with Crippen molar-refractivity contribution < 1.29 is 5.11 Å². The van der Waals surface area contributed by atoms with Gasteiger partial charge < -0.3 is 15.1 Å². The van der Waals surface area contributed by atoms with E-state index in [4.69, 9.17) is 0 Å². The van der Waals surface area contributed by atoms with Crippen LogP contribution in [0.4, 0.5) is 0 Å². The fourth-order valence-electron chi connectivity index (χ4n) is 2.21. The third-order valence-corrected chi connectivity index (χ3v) is 4.01. The number of aliphatic hydroxyl groups is 1. The van der Waals surface area contributed by atoms with Crippen molar-refractivity contribution in [2.45, 2.75) is 13.0 Å². The Morgan fingerprint density at radius 2 is 1.70 bits per heavy atom. The van der Waals surface area contributed by atoms with Gasteiger partial charge in [0, 0.05) is 10.0 Å². The molecule has 0 radical (unpaired) electrons. The van der Waals surface area contributed by atoms with Gasteiger partial charge in [0.2, 0.25) is 0 Å². The monoisotopic (exact) mass is 332 g/mol. The van der Waals surface area contributed by atoms with E-state index in [1.807, 2.05) is 31.2 Å². The van der Waals surface area contributed by atoms with Crippen molar-refractivity contribution in [1.82, 2.24) is 9.97 Å². The van der Waals surface area contributed by atoms with Crippen LogP contribution in [0.15, 0.2) is 45.7 Å². The molecule has 3 N–H and O–H groups in total. The topological polar surface area (TPSA) is 68.9 Å².